The number of rotatable bonds is 2. The van der Waals surface area contributed by atoms with Crippen molar-refractivity contribution in [3.05, 3.63) is 105 Å². The van der Waals surface area contributed by atoms with Crippen molar-refractivity contribution in [3.8, 4) is 0 Å². The Morgan fingerprint density at radius 1 is 0.938 bits per heavy atom. The van der Waals surface area contributed by atoms with Gasteiger partial charge in [0.1, 0.15) is 5.16 Å². The Morgan fingerprint density at radius 3 is 2.38 bits per heavy atom. The van der Waals surface area contributed by atoms with E-state index in [9.17, 15) is 4.79 Å². The smallest absolute Gasteiger partial charge is 0.294 e. The molecule has 0 fully saturated rings. The molecule has 2 heterocycles. The van der Waals surface area contributed by atoms with Crippen LogP contribution in [0, 0.1) is 6.92 Å². The third-order valence-corrected chi connectivity index (χ3v) is 6.15. The highest BCUT2D eigenvalue weighted by Gasteiger charge is 2.40. The van der Waals surface area contributed by atoms with Crippen molar-refractivity contribution >= 4 is 58.1 Å². The molecule has 0 unspecified atom stereocenters. The summed E-state index contributed by atoms with van der Waals surface area (Å²) in [6.07, 6.45) is 2.01. The second-order valence-electron chi connectivity index (χ2n) is 7.74. The normalized spacial score (nSPS) is 16.8. The van der Waals surface area contributed by atoms with Crippen LogP contribution in [0.3, 0.4) is 0 Å². The van der Waals surface area contributed by atoms with Crippen molar-refractivity contribution in [2.45, 2.75) is 6.92 Å². The van der Waals surface area contributed by atoms with Gasteiger partial charge in [0.2, 0.25) is 5.84 Å². The van der Waals surface area contributed by atoms with Crippen LogP contribution in [0.5, 0.6) is 0 Å². The number of benzene rings is 3. The number of hydrogen-bond donors (Lipinski definition) is 0. The van der Waals surface area contributed by atoms with Crippen LogP contribution in [-0.2, 0) is 4.79 Å². The molecule has 3 aromatic carbocycles. The molecular weight excluding hydrogens is 441 g/mol. The van der Waals surface area contributed by atoms with Gasteiger partial charge in [-0.3, -0.25) is 9.69 Å². The minimum atomic E-state index is -0.233. The van der Waals surface area contributed by atoms with Crippen LogP contribution in [-0.4, -0.2) is 28.6 Å². The van der Waals surface area contributed by atoms with Crippen molar-refractivity contribution in [2.24, 2.45) is 4.99 Å². The van der Waals surface area contributed by atoms with E-state index in [0.717, 1.165) is 22.4 Å². The van der Waals surface area contributed by atoms with Crippen molar-refractivity contribution in [2.75, 3.05) is 7.05 Å². The van der Waals surface area contributed by atoms with E-state index >= 15 is 0 Å². The van der Waals surface area contributed by atoms with Crippen LogP contribution in [0.1, 0.15) is 22.3 Å². The lowest BCUT2D eigenvalue weighted by molar-refractivity contribution is -0.121. The lowest BCUT2D eigenvalue weighted by Gasteiger charge is -2.39. The fourth-order valence-electron chi connectivity index (χ4n) is 3.92. The number of hydrogen-bond acceptors (Lipinski definition) is 3. The first-order valence-corrected chi connectivity index (χ1v) is 10.9. The molecule has 32 heavy (non-hydrogen) atoms. The molecule has 3 aromatic rings. The van der Waals surface area contributed by atoms with Gasteiger partial charge in [0.15, 0.2) is 0 Å². The number of fused-ring (bicyclic) bond motifs is 2. The summed E-state index contributed by atoms with van der Waals surface area (Å²) in [5.74, 6) is 0.0222. The van der Waals surface area contributed by atoms with Crippen molar-refractivity contribution in [1.82, 2.24) is 9.80 Å². The predicted octanol–water partition coefficient (Wildman–Crippen LogP) is 6.53. The van der Waals surface area contributed by atoms with Gasteiger partial charge in [0, 0.05) is 23.2 Å². The molecule has 0 aliphatic carbocycles. The zero-order chi connectivity index (χ0) is 22.4. The van der Waals surface area contributed by atoms with Crippen LogP contribution in [0.4, 0.5) is 5.69 Å². The average Bonchev–Trinajstić information content (AvgIpc) is 2.80. The first-order chi connectivity index (χ1) is 15.4. The summed E-state index contributed by atoms with van der Waals surface area (Å²) < 4.78 is 0. The fourth-order valence-corrected chi connectivity index (χ4v) is 4.50. The lowest BCUT2D eigenvalue weighted by Crippen LogP contribution is -2.47. The monoisotopic (exact) mass is 459 g/mol. The SMILES string of the molecule is Cc1ccc(/C=C2\c3cc(Cl)ccc3N=C3C(=O)N(C)C(c4ccccc4)=C(Cl)N32)cc1. The van der Waals surface area contributed by atoms with Crippen LogP contribution in [0.2, 0.25) is 5.02 Å². The molecule has 158 valence electrons. The average molecular weight is 460 g/mol. The Labute approximate surface area is 196 Å². The minimum Gasteiger partial charge on any atom is -0.305 e. The molecular formula is C26H19Cl2N3O. The molecule has 2 aliphatic heterocycles. The molecule has 5 rings (SSSR count). The summed E-state index contributed by atoms with van der Waals surface area (Å²) in [6, 6.07) is 23.2. The maximum Gasteiger partial charge on any atom is 0.294 e. The first kappa shape index (κ1) is 20.6. The number of carbonyl (C=O) groups excluding carboxylic acids is 1. The largest absolute Gasteiger partial charge is 0.305 e. The van der Waals surface area contributed by atoms with Gasteiger partial charge < -0.3 is 4.90 Å². The van der Waals surface area contributed by atoms with Gasteiger partial charge in [0.05, 0.1) is 17.1 Å². The molecule has 6 heteroatoms. The summed E-state index contributed by atoms with van der Waals surface area (Å²) >= 11 is 13.3. The molecule has 0 saturated carbocycles. The molecule has 2 aliphatic rings. The van der Waals surface area contributed by atoms with Gasteiger partial charge in [-0.15, -0.1) is 0 Å². The summed E-state index contributed by atoms with van der Waals surface area (Å²) in [7, 11) is 1.72. The first-order valence-electron chi connectivity index (χ1n) is 10.1. The van der Waals surface area contributed by atoms with E-state index < -0.39 is 0 Å². The van der Waals surface area contributed by atoms with E-state index in [1.807, 2.05) is 79.7 Å². The Kier molecular flexibility index (Phi) is 5.12. The van der Waals surface area contributed by atoms with Crippen LogP contribution in [0.15, 0.2) is 82.9 Å². The number of amides is 1. The number of aryl methyl sites for hydroxylation is 1. The fraction of sp³-hybridized carbons (Fsp3) is 0.0769. The Morgan fingerprint density at radius 2 is 1.66 bits per heavy atom. The molecule has 0 spiro atoms. The second kappa shape index (κ2) is 7.97. The van der Waals surface area contributed by atoms with Gasteiger partial charge in [-0.2, -0.15) is 0 Å². The highest BCUT2D eigenvalue weighted by atomic mass is 35.5. The summed E-state index contributed by atoms with van der Waals surface area (Å²) in [5, 5.41) is 0.988. The standard InChI is InChI=1S/C26H19Cl2N3O/c1-16-8-10-17(11-9-16)14-22-20-15-19(27)12-13-21(20)29-25-26(32)30(2)23(24(28)31(22)25)18-6-4-3-5-7-18/h3-15H,1-2H3/b22-14+. The van der Waals surface area contributed by atoms with Gasteiger partial charge in [0.25, 0.3) is 5.91 Å². The third-order valence-electron chi connectivity index (χ3n) is 5.56. The highest BCUT2D eigenvalue weighted by Crippen LogP contribution is 2.44. The van der Waals surface area contributed by atoms with Crippen molar-refractivity contribution in [1.29, 1.82) is 0 Å². The summed E-state index contributed by atoms with van der Waals surface area (Å²) in [6.45, 7) is 2.04. The maximum absolute atomic E-state index is 13.4. The number of nitrogens with zero attached hydrogens (tertiary/aromatic N) is 3. The number of aliphatic imine (C=N–C) groups is 1. The quantitative estimate of drug-likeness (QED) is 0.408. The van der Waals surface area contributed by atoms with Crippen molar-refractivity contribution in [3.63, 3.8) is 0 Å². The molecule has 0 saturated heterocycles. The number of carbonyl (C=O) groups is 1. The lowest BCUT2D eigenvalue weighted by atomic mass is 10.0. The molecule has 0 N–H and O–H groups in total. The topological polar surface area (TPSA) is 35.9 Å². The maximum atomic E-state index is 13.4. The molecule has 0 radical (unpaired) electrons. The Bertz CT molecular complexity index is 1320. The minimum absolute atomic E-state index is 0.233. The zero-order valence-electron chi connectivity index (χ0n) is 17.5. The van der Waals surface area contributed by atoms with E-state index in [0.29, 0.717) is 21.6 Å². The van der Waals surface area contributed by atoms with Crippen molar-refractivity contribution < 1.29 is 4.79 Å². The van der Waals surface area contributed by atoms with Crippen LogP contribution in [0.25, 0.3) is 17.5 Å². The van der Waals surface area contributed by atoms with E-state index in [4.69, 9.17) is 23.2 Å². The van der Waals surface area contributed by atoms with E-state index in [1.54, 1.807) is 22.9 Å². The molecule has 0 bridgehead atoms. The van der Waals surface area contributed by atoms with Crippen LogP contribution < -0.4 is 0 Å². The van der Waals surface area contributed by atoms with E-state index in [-0.39, 0.29) is 11.7 Å². The molecule has 0 atom stereocenters. The van der Waals surface area contributed by atoms with Gasteiger partial charge in [-0.25, -0.2) is 4.99 Å². The predicted molar refractivity (Wildman–Crippen MR) is 131 cm³/mol. The summed E-state index contributed by atoms with van der Waals surface area (Å²) in [4.78, 5) is 21.4. The number of halogens is 2. The second-order valence-corrected chi connectivity index (χ2v) is 8.54. The molecule has 1 amide bonds. The number of likely N-dealkylation sites (N-methyl/N-ethyl adjacent to an activating group) is 1. The number of amidine groups is 1. The Hall–Kier alpha value is -3.34. The Balaban J connectivity index is 1.79. The molecule has 4 nitrogen and oxygen atoms in total. The van der Waals surface area contributed by atoms with E-state index in [1.165, 1.54) is 5.56 Å². The third kappa shape index (κ3) is 3.42. The zero-order valence-corrected chi connectivity index (χ0v) is 19.0. The van der Waals surface area contributed by atoms with Gasteiger partial charge in [-0.1, -0.05) is 83.4 Å². The highest BCUT2D eigenvalue weighted by molar-refractivity contribution is 6.48. The van der Waals surface area contributed by atoms with Crippen LogP contribution >= 0.6 is 23.2 Å². The van der Waals surface area contributed by atoms with E-state index in [2.05, 4.69) is 4.99 Å². The van der Waals surface area contributed by atoms with Gasteiger partial charge in [-0.05, 0) is 36.8 Å². The van der Waals surface area contributed by atoms with Gasteiger partial charge >= 0.3 is 0 Å². The summed E-state index contributed by atoms with van der Waals surface area (Å²) in [5.41, 5.74) is 5.85. The molecule has 0 aromatic heterocycles.